The van der Waals surface area contributed by atoms with Crippen LogP contribution in [0.4, 0.5) is 0 Å². The molecule has 4 heteroatoms. The maximum atomic E-state index is 6.06. The Labute approximate surface area is 96.6 Å². The van der Waals surface area contributed by atoms with Crippen LogP contribution in [0.5, 0.6) is 0 Å². The van der Waals surface area contributed by atoms with Crippen LogP contribution in [0, 0.1) is 5.92 Å². The molecule has 3 fully saturated rings. The lowest BCUT2D eigenvalue weighted by Gasteiger charge is -2.45. The molecule has 0 aromatic heterocycles. The molecule has 3 aliphatic rings. The molecule has 0 aliphatic carbocycles. The standard InChI is InChI=1S/C12H21NO3/c1-5-14-6-2-10(1)11-12(3-7-15-9-12)16-8-4-13-11/h10-11,13H,1-9H2. The van der Waals surface area contributed by atoms with E-state index in [0.717, 1.165) is 58.8 Å². The normalized spacial score (nSPS) is 41.6. The molecule has 3 aliphatic heterocycles. The second-order valence-corrected chi connectivity index (χ2v) is 5.10. The summed E-state index contributed by atoms with van der Waals surface area (Å²) in [5.74, 6) is 0.691. The molecule has 0 amide bonds. The summed E-state index contributed by atoms with van der Waals surface area (Å²) >= 11 is 0. The first-order chi connectivity index (χ1) is 7.91. The highest BCUT2D eigenvalue weighted by atomic mass is 16.6. The highest BCUT2D eigenvalue weighted by Gasteiger charge is 2.48. The number of nitrogens with one attached hydrogen (secondary N) is 1. The van der Waals surface area contributed by atoms with Crippen molar-refractivity contribution in [3.8, 4) is 0 Å². The van der Waals surface area contributed by atoms with E-state index < -0.39 is 0 Å². The Morgan fingerprint density at radius 1 is 1.00 bits per heavy atom. The SMILES string of the molecule is C1COC2(CCOC2)C(C2CCOCC2)N1. The summed E-state index contributed by atoms with van der Waals surface area (Å²) < 4.78 is 17.1. The Bertz CT molecular complexity index is 234. The van der Waals surface area contributed by atoms with E-state index in [4.69, 9.17) is 14.2 Å². The second-order valence-electron chi connectivity index (χ2n) is 5.10. The number of rotatable bonds is 1. The zero-order valence-corrected chi connectivity index (χ0v) is 9.74. The third-order valence-corrected chi connectivity index (χ3v) is 4.18. The van der Waals surface area contributed by atoms with Gasteiger partial charge in [0.05, 0.1) is 13.2 Å². The van der Waals surface area contributed by atoms with Gasteiger partial charge in [-0.15, -0.1) is 0 Å². The van der Waals surface area contributed by atoms with Gasteiger partial charge in [0.2, 0.25) is 0 Å². The third kappa shape index (κ3) is 1.88. The minimum Gasteiger partial charge on any atom is -0.381 e. The van der Waals surface area contributed by atoms with Crippen molar-refractivity contribution in [3.05, 3.63) is 0 Å². The molecular weight excluding hydrogens is 206 g/mol. The quantitative estimate of drug-likeness (QED) is 0.710. The summed E-state index contributed by atoms with van der Waals surface area (Å²) in [5, 5.41) is 3.66. The van der Waals surface area contributed by atoms with Crippen LogP contribution in [0.2, 0.25) is 0 Å². The molecule has 0 aromatic carbocycles. The zero-order chi connectivity index (χ0) is 10.8. The Kier molecular flexibility index (Phi) is 3.16. The first kappa shape index (κ1) is 11.0. The predicted octanol–water partition coefficient (Wildman–Crippen LogP) is 0.560. The van der Waals surface area contributed by atoms with Crippen LogP contribution in [-0.2, 0) is 14.2 Å². The van der Waals surface area contributed by atoms with Crippen LogP contribution in [0.25, 0.3) is 0 Å². The molecule has 1 N–H and O–H groups in total. The molecule has 0 aromatic rings. The van der Waals surface area contributed by atoms with Crippen LogP contribution >= 0.6 is 0 Å². The van der Waals surface area contributed by atoms with Crippen molar-refractivity contribution in [2.75, 3.05) is 39.6 Å². The minimum atomic E-state index is -0.0414. The first-order valence-corrected chi connectivity index (χ1v) is 6.44. The van der Waals surface area contributed by atoms with E-state index in [1.165, 1.54) is 0 Å². The van der Waals surface area contributed by atoms with Crippen molar-refractivity contribution in [1.29, 1.82) is 0 Å². The zero-order valence-electron chi connectivity index (χ0n) is 9.74. The molecule has 92 valence electrons. The summed E-state index contributed by atoms with van der Waals surface area (Å²) in [6.45, 7) is 5.22. The van der Waals surface area contributed by atoms with Crippen molar-refractivity contribution in [2.24, 2.45) is 5.92 Å². The van der Waals surface area contributed by atoms with E-state index in [9.17, 15) is 0 Å². The number of ether oxygens (including phenoxy) is 3. The Morgan fingerprint density at radius 3 is 2.62 bits per heavy atom. The van der Waals surface area contributed by atoms with Crippen LogP contribution in [0.15, 0.2) is 0 Å². The summed E-state index contributed by atoms with van der Waals surface area (Å²) in [6, 6.07) is 0.465. The van der Waals surface area contributed by atoms with Crippen LogP contribution in [0.3, 0.4) is 0 Å². The second kappa shape index (κ2) is 4.61. The summed E-state index contributed by atoms with van der Waals surface area (Å²) in [4.78, 5) is 0. The summed E-state index contributed by atoms with van der Waals surface area (Å²) in [5.41, 5.74) is -0.0414. The number of hydrogen-bond acceptors (Lipinski definition) is 4. The van der Waals surface area contributed by atoms with E-state index in [1.54, 1.807) is 0 Å². The van der Waals surface area contributed by atoms with Gasteiger partial charge in [-0.3, -0.25) is 0 Å². The van der Waals surface area contributed by atoms with Gasteiger partial charge < -0.3 is 19.5 Å². The van der Waals surface area contributed by atoms with E-state index in [2.05, 4.69) is 5.32 Å². The number of hydrogen-bond donors (Lipinski definition) is 1. The van der Waals surface area contributed by atoms with Gasteiger partial charge in [-0.1, -0.05) is 0 Å². The highest BCUT2D eigenvalue weighted by molar-refractivity contribution is 5.02. The van der Waals surface area contributed by atoms with E-state index in [-0.39, 0.29) is 5.60 Å². The minimum absolute atomic E-state index is 0.0414. The molecule has 3 saturated heterocycles. The van der Waals surface area contributed by atoms with Gasteiger partial charge in [0, 0.05) is 38.8 Å². The average Bonchev–Trinajstić information content (AvgIpc) is 2.80. The van der Waals surface area contributed by atoms with Crippen molar-refractivity contribution >= 4 is 0 Å². The maximum Gasteiger partial charge on any atom is 0.109 e. The molecule has 1 spiro atoms. The van der Waals surface area contributed by atoms with Crippen LogP contribution in [-0.4, -0.2) is 51.2 Å². The summed E-state index contributed by atoms with van der Waals surface area (Å²) in [7, 11) is 0. The Balaban J connectivity index is 1.74. The Morgan fingerprint density at radius 2 is 1.88 bits per heavy atom. The van der Waals surface area contributed by atoms with Gasteiger partial charge >= 0.3 is 0 Å². The fourth-order valence-electron chi connectivity index (χ4n) is 3.31. The van der Waals surface area contributed by atoms with E-state index in [1.807, 2.05) is 0 Å². The molecule has 0 bridgehead atoms. The molecule has 3 heterocycles. The molecule has 3 rings (SSSR count). The molecule has 2 atom stereocenters. The fourth-order valence-corrected chi connectivity index (χ4v) is 3.31. The highest BCUT2D eigenvalue weighted by Crippen LogP contribution is 2.36. The largest absolute Gasteiger partial charge is 0.381 e. The lowest BCUT2D eigenvalue weighted by atomic mass is 9.79. The van der Waals surface area contributed by atoms with Gasteiger partial charge in [0.1, 0.15) is 5.60 Å². The van der Waals surface area contributed by atoms with Crippen molar-refractivity contribution in [1.82, 2.24) is 5.32 Å². The van der Waals surface area contributed by atoms with Crippen LogP contribution < -0.4 is 5.32 Å². The lowest BCUT2D eigenvalue weighted by molar-refractivity contribution is -0.120. The van der Waals surface area contributed by atoms with Gasteiger partial charge in [-0.05, 0) is 18.8 Å². The fraction of sp³-hybridized carbons (Fsp3) is 1.00. The van der Waals surface area contributed by atoms with Gasteiger partial charge in [-0.2, -0.15) is 0 Å². The Hall–Kier alpha value is -0.160. The average molecular weight is 227 g/mol. The van der Waals surface area contributed by atoms with Crippen LogP contribution in [0.1, 0.15) is 19.3 Å². The number of morpholine rings is 1. The molecule has 16 heavy (non-hydrogen) atoms. The maximum absolute atomic E-state index is 6.06. The van der Waals surface area contributed by atoms with Crippen molar-refractivity contribution < 1.29 is 14.2 Å². The first-order valence-electron chi connectivity index (χ1n) is 6.44. The smallest absolute Gasteiger partial charge is 0.109 e. The third-order valence-electron chi connectivity index (χ3n) is 4.18. The van der Waals surface area contributed by atoms with Gasteiger partial charge in [0.25, 0.3) is 0 Å². The molecular formula is C12H21NO3. The lowest BCUT2D eigenvalue weighted by Crippen LogP contribution is -2.62. The van der Waals surface area contributed by atoms with Crippen molar-refractivity contribution in [3.63, 3.8) is 0 Å². The molecule has 0 saturated carbocycles. The van der Waals surface area contributed by atoms with E-state index in [0.29, 0.717) is 12.0 Å². The molecule has 2 unspecified atom stereocenters. The van der Waals surface area contributed by atoms with E-state index >= 15 is 0 Å². The summed E-state index contributed by atoms with van der Waals surface area (Å²) in [6.07, 6.45) is 3.35. The topological polar surface area (TPSA) is 39.7 Å². The van der Waals surface area contributed by atoms with Gasteiger partial charge in [-0.25, -0.2) is 0 Å². The monoisotopic (exact) mass is 227 g/mol. The van der Waals surface area contributed by atoms with Crippen molar-refractivity contribution in [2.45, 2.75) is 30.9 Å². The van der Waals surface area contributed by atoms with Gasteiger partial charge in [0.15, 0.2) is 0 Å². The molecule has 4 nitrogen and oxygen atoms in total. The molecule has 0 radical (unpaired) electrons. The predicted molar refractivity (Wildman–Crippen MR) is 59.5 cm³/mol.